The fourth-order valence-electron chi connectivity index (χ4n) is 2.77. The van der Waals surface area contributed by atoms with E-state index in [9.17, 15) is 0 Å². The maximum Gasteiger partial charge on any atom is 0.0965 e. The highest BCUT2D eigenvalue weighted by Gasteiger charge is 2.25. The number of nitrogens with one attached hydrogen (secondary N) is 1. The van der Waals surface area contributed by atoms with Crippen LogP contribution in [0.25, 0.3) is 0 Å². The fourth-order valence-corrected chi connectivity index (χ4v) is 3.46. The first-order valence-electron chi connectivity index (χ1n) is 6.49. The lowest BCUT2D eigenvalue weighted by Gasteiger charge is -2.37. The van der Waals surface area contributed by atoms with Crippen LogP contribution >= 0.6 is 11.3 Å². The minimum absolute atomic E-state index is 0.563. The third-order valence-corrected chi connectivity index (χ3v) is 4.77. The van der Waals surface area contributed by atoms with Crippen LogP contribution < -0.4 is 5.32 Å². The summed E-state index contributed by atoms with van der Waals surface area (Å²) in [6.07, 6.45) is 3.18. The molecule has 4 heteroatoms. The first-order valence-corrected chi connectivity index (χ1v) is 7.37. The number of thiazole rings is 1. The number of hydrogen-bond donors (Lipinski definition) is 1. The number of piperidine rings is 1. The number of rotatable bonds is 4. The molecule has 1 aromatic heterocycles. The average molecular weight is 253 g/mol. The van der Waals surface area contributed by atoms with Crippen LogP contribution in [0.5, 0.6) is 0 Å². The second-order valence-corrected chi connectivity index (χ2v) is 6.12. The quantitative estimate of drug-likeness (QED) is 0.891. The maximum atomic E-state index is 4.41. The first-order chi connectivity index (χ1) is 8.20. The van der Waals surface area contributed by atoms with Crippen LogP contribution in [-0.4, -0.2) is 42.6 Å². The van der Waals surface area contributed by atoms with Crippen molar-refractivity contribution < 1.29 is 0 Å². The van der Waals surface area contributed by atoms with Gasteiger partial charge in [-0.25, -0.2) is 4.98 Å². The molecule has 0 spiro atoms. The lowest BCUT2D eigenvalue weighted by molar-refractivity contribution is 0.145. The lowest BCUT2D eigenvalue weighted by atomic mass is 9.93. The smallest absolute Gasteiger partial charge is 0.0965 e. The summed E-state index contributed by atoms with van der Waals surface area (Å²) in [4.78, 5) is 7.00. The molecule has 0 aromatic carbocycles. The van der Waals surface area contributed by atoms with E-state index in [-0.39, 0.29) is 0 Å². The Hall–Kier alpha value is -0.450. The summed E-state index contributed by atoms with van der Waals surface area (Å²) in [6, 6.07) is 0.696. The lowest BCUT2D eigenvalue weighted by Crippen LogP contribution is -2.48. The molecule has 1 aliphatic rings. The zero-order valence-corrected chi connectivity index (χ0v) is 11.8. The minimum atomic E-state index is 0.563. The molecular formula is C13H23N3S. The van der Waals surface area contributed by atoms with Crippen molar-refractivity contribution in [3.63, 3.8) is 0 Å². The summed E-state index contributed by atoms with van der Waals surface area (Å²) in [5, 5.41) is 6.76. The van der Waals surface area contributed by atoms with Crippen molar-refractivity contribution in [1.29, 1.82) is 0 Å². The molecule has 0 saturated carbocycles. The molecule has 3 nitrogen and oxygen atoms in total. The van der Waals surface area contributed by atoms with Gasteiger partial charge in [-0.15, -0.1) is 11.3 Å². The van der Waals surface area contributed by atoms with Crippen LogP contribution in [0, 0.1) is 5.92 Å². The maximum absolute atomic E-state index is 4.41. The zero-order chi connectivity index (χ0) is 12.3. The van der Waals surface area contributed by atoms with Crippen molar-refractivity contribution in [2.24, 2.45) is 5.92 Å². The van der Waals surface area contributed by atoms with Crippen molar-refractivity contribution in [3.05, 3.63) is 16.6 Å². The van der Waals surface area contributed by atoms with Crippen LogP contribution in [0.4, 0.5) is 0 Å². The Morgan fingerprint density at radius 3 is 3.06 bits per heavy atom. The van der Waals surface area contributed by atoms with E-state index in [0.29, 0.717) is 12.0 Å². The van der Waals surface area contributed by atoms with Gasteiger partial charge in [0.2, 0.25) is 0 Å². The highest BCUT2D eigenvalue weighted by atomic mass is 32.1. The molecule has 1 aromatic rings. The topological polar surface area (TPSA) is 28.2 Å². The Kier molecular flexibility index (Phi) is 4.54. The van der Waals surface area contributed by atoms with Crippen molar-refractivity contribution in [3.8, 4) is 0 Å². The van der Waals surface area contributed by atoms with Gasteiger partial charge in [0.15, 0.2) is 0 Å². The third-order valence-electron chi connectivity index (χ3n) is 3.77. The molecule has 0 aliphatic carbocycles. The number of aromatic nitrogens is 1. The third kappa shape index (κ3) is 3.27. The molecule has 0 amide bonds. The molecule has 1 fully saturated rings. The van der Waals surface area contributed by atoms with Gasteiger partial charge in [0.05, 0.1) is 5.01 Å². The second kappa shape index (κ2) is 5.94. The van der Waals surface area contributed by atoms with Crippen LogP contribution in [0.1, 0.15) is 31.2 Å². The molecule has 2 rings (SSSR count). The Bertz CT molecular complexity index is 325. The average Bonchev–Trinajstić information content (AvgIpc) is 2.82. The van der Waals surface area contributed by atoms with Crippen molar-refractivity contribution in [1.82, 2.24) is 15.2 Å². The Balaban J connectivity index is 1.84. The summed E-state index contributed by atoms with van der Waals surface area (Å²) in [5.41, 5.74) is 0. The van der Waals surface area contributed by atoms with E-state index in [0.717, 1.165) is 12.5 Å². The van der Waals surface area contributed by atoms with E-state index < -0.39 is 0 Å². The predicted molar refractivity (Wildman–Crippen MR) is 73.6 cm³/mol. The standard InChI is InChI=1S/C13H23N3S/c1-10-8-16(6-4-12(10)14-3)9-11(2)13-15-5-7-17-13/h5,7,10-12,14H,4,6,8-9H2,1-3H3. The molecule has 1 saturated heterocycles. The van der Waals surface area contributed by atoms with E-state index in [1.54, 1.807) is 11.3 Å². The molecule has 17 heavy (non-hydrogen) atoms. The van der Waals surface area contributed by atoms with Crippen LogP contribution in [-0.2, 0) is 0 Å². The normalized spacial score (nSPS) is 28.2. The van der Waals surface area contributed by atoms with Gasteiger partial charge in [0, 0.05) is 36.6 Å². The van der Waals surface area contributed by atoms with Gasteiger partial charge in [-0.05, 0) is 25.9 Å². The highest BCUT2D eigenvalue weighted by molar-refractivity contribution is 7.09. The van der Waals surface area contributed by atoms with Gasteiger partial charge in [0.1, 0.15) is 0 Å². The minimum Gasteiger partial charge on any atom is -0.317 e. The van der Waals surface area contributed by atoms with E-state index in [1.807, 2.05) is 6.20 Å². The van der Waals surface area contributed by atoms with Crippen molar-refractivity contribution in [2.75, 3.05) is 26.7 Å². The summed E-state index contributed by atoms with van der Waals surface area (Å²) >= 11 is 1.78. The van der Waals surface area contributed by atoms with Gasteiger partial charge in [-0.1, -0.05) is 13.8 Å². The monoisotopic (exact) mass is 253 g/mol. The van der Waals surface area contributed by atoms with Crippen molar-refractivity contribution >= 4 is 11.3 Å². The van der Waals surface area contributed by atoms with E-state index in [1.165, 1.54) is 24.5 Å². The van der Waals surface area contributed by atoms with Gasteiger partial charge in [-0.3, -0.25) is 0 Å². The Morgan fingerprint density at radius 2 is 2.47 bits per heavy atom. The highest BCUT2D eigenvalue weighted by Crippen LogP contribution is 2.22. The van der Waals surface area contributed by atoms with Gasteiger partial charge in [-0.2, -0.15) is 0 Å². The number of nitrogens with zero attached hydrogens (tertiary/aromatic N) is 2. The van der Waals surface area contributed by atoms with Gasteiger partial charge in [0.25, 0.3) is 0 Å². The predicted octanol–water partition coefficient (Wildman–Crippen LogP) is 2.18. The van der Waals surface area contributed by atoms with Gasteiger partial charge < -0.3 is 10.2 Å². The number of likely N-dealkylation sites (tertiary alicyclic amines) is 1. The van der Waals surface area contributed by atoms with Crippen LogP contribution in [0.15, 0.2) is 11.6 Å². The first kappa shape index (κ1) is 13.0. The van der Waals surface area contributed by atoms with Crippen LogP contribution in [0.3, 0.4) is 0 Å². The second-order valence-electron chi connectivity index (χ2n) is 5.19. The molecule has 0 bridgehead atoms. The summed E-state index contributed by atoms with van der Waals surface area (Å²) < 4.78 is 0. The summed E-state index contributed by atoms with van der Waals surface area (Å²) in [7, 11) is 2.08. The summed E-state index contributed by atoms with van der Waals surface area (Å²) in [6.45, 7) is 8.20. The molecule has 3 unspecified atom stereocenters. The van der Waals surface area contributed by atoms with E-state index >= 15 is 0 Å². The largest absolute Gasteiger partial charge is 0.317 e. The SMILES string of the molecule is CNC1CCN(CC(C)c2nccs2)CC1C. The Labute approximate surface area is 108 Å². The van der Waals surface area contributed by atoms with Gasteiger partial charge >= 0.3 is 0 Å². The zero-order valence-electron chi connectivity index (χ0n) is 11.0. The van der Waals surface area contributed by atoms with E-state index in [4.69, 9.17) is 0 Å². The number of hydrogen-bond acceptors (Lipinski definition) is 4. The molecule has 96 valence electrons. The summed E-state index contributed by atoms with van der Waals surface area (Å²) in [5.74, 6) is 1.31. The molecule has 0 radical (unpaired) electrons. The van der Waals surface area contributed by atoms with E-state index in [2.05, 4.69) is 41.5 Å². The molecule has 2 heterocycles. The Morgan fingerprint density at radius 1 is 1.65 bits per heavy atom. The molecule has 1 aliphatic heterocycles. The molecule has 3 atom stereocenters. The van der Waals surface area contributed by atoms with Crippen LogP contribution in [0.2, 0.25) is 0 Å². The molecular weight excluding hydrogens is 230 g/mol. The molecule has 1 N–H and O–H groups in total. The van der Waals surface area contributed by atoms with Crippen molar-refractivity contribution in [2.45, 2.75) is 32.2 Å². The fraction of sp³-hybridized carbons (Fsp3) is 0.769.